The Morgan fingerprint density at radius 1 is 1.12 bits per heavy atom. The number of carbonyl (C=O) groups is 1. The molecule has 0 fully saturated rings. The lowest BCUT2D eigenvalue weighted by atomic mass is 10.2. The predicted octanol–water partition coefficient (Wildman–Crippen LogP) is 3.27. The number of hydrogen-bond donors (Lipinski definition) is 2. The average Bonchev–Trinajstić information content (AvgIpc) is 3.32. The molecule has 0 spiro atoms. The molecule has 32 heavy (non-hydrogen) atoms. The van der Waals surface area contributed by atoms with E-state index >= 15 is 0 Å². The van der Waals surface area contributed by atoms with Crippen LogP contribution in [0.3, 0.4) is 0 Å². The molecule has 0 atom stereocenters. The van der Waals surface area contributed by atoms with E-state index in [1.54, 1.807) is 6.07 Å². The van der Waals surface area contributed by atoms with Crippen LogP contribution in [-0.4, -0.2) is 37.5 Å². The number of nitrogens with zero attached hydrogens (tertiary/aromatic N) is 2. The van der Waals surface area contributed by atoms with Crippen LogP contribution in [-0.2, 0) is 22.9 Å². The summed E-state index contributed by atoms with van der Waals surface area (Å²) in [6, 6.07) is 7.98. The molecule has 8 nitrogen and oxygen atoms in total. The van der Waals surface area contributed by atoms with Gasteiger partial charge >= 0.3 is 0 Å². The Labute approximate surface area is 183 Å². The van der Waals surface area contributed by atoms with Gasteiger partial charge in [0, 0.05) is 23.0 Å². The number of halogens is 2. The maximum atomic E-state index is 13.7. The number of nitrogens with one attached hydrogen (secondary N) is 2. The number of amides is 1. The number of fused-ring (bicyclic) bond motifs is 1. The first-order valence-electron chi connectivity index (χ1n) is 9.69. The summed E-state index contributed by atoms with van der Waals surface area (Å²) < 4.78 is 59.3. The van der Waals surface area contributed by atoms with E-state index in [0.29, 0.717) is 24.2 Å². The number of ether oxygens (including phenoxy) is 1. The van der Waals surface area contributed by atoms with Crippen LogP contribution in [0.1, 0.15) is 28.2 Å². The van der Waals surface area contributed by atoms with Crippen molar-refractivity contribution in [2.24, 2.45) is 0 Å². The molecule has 1 aliphatic rings. The number of carbonyl (C=O) groups excluding carboxylic acids is 1. The Balaban J connectivity index is 1.66. The Kier molecular flexibility index (Phi) is 5.59. The summed E-state index contributed by atoms with van der Waals surface area (Å²) in [5, 5.41) is 7.08. The number of anilines is 2. The third-order valence-corrected chi connectivity index (χ3v) is 5.64. The molecule has 168 valence electrons. The van der Waals surface area contributed by atoms with E-state index in [1.165, 1.54) is 30.0 Å². The Morgan fingerprint density at radius 2 is 1.91 bits per heavy atom. The fourth-order valence-corrected chi connectivity index (χ4v) is 4.26. The molecule has 0 saturated heterocycles. The van der Waals surface area contributed by atoms with Gasteiger partial charge in [-0.25, -0.2) is 21.9 Å². The van der Waals surface area contributed by atoms with Gasteiger partial charge in [-0.15, -0.1) is 0 Å². The van der Waals surface area contributed by atoms with Crippen molar-refractivity contribution in [1.29, 1.82) is 0 Å². The summed E-state index contributed by atoms with van der Waals surface area (Å²) in [6.45, 7) is 0. The molecule has 0 saturated carbocycles. The van der Waals surface area contributed by atoms with Crippen LogP contribution < -0.4 is 14.8 Å². The van der Waals surface area contributed by atoms with E-state index in [0.717, 1.165) is 36.1 Å². The summed E-state index contributed by atoms with van der Waals surface area (Å²) in [5.41, 5.74) is 2.52. The number of methoxy groups -OCH3 is 1. The first-order valence-corrected chi connectivity index (χ1v) is 11.6. The average molecular weight is 462 g/mol. The zero-order chi connectivity index (χ0) is 23.0. The molecule has 4 rings (SSSR count). The number of hydrogen-bond acceptors (Lipinski definition) is 5. The maximum absolute atomic E-state index is 13.7. The molecular formula is C21H20F2N4O4S. The highest BCUT2D eigenvalue weighted by molar-refractivity contribution is 7.92. The summed E-state index contributed by atoms with van der Waals surface area (Å²) in [7, 11) is -2.17. The molecule has 1 aromatic heterocycles. The number of rotatable bonds is 6. The Morgan fingerprint density at radius 3 is 2.59 bits per heavy atom. The first kappa shape index (κ1) is 21.8. The molecule has 11 heteroatoms. The topological polar surface area (TPSA) is 102 Å². The molecule has 0 radical (unpaired) electrons. The van der Waals surface area contributed by atoms with Crippen molar-refractivity contribution in [1.82, 2.24) is 9.78 Å². The minimum Gasteiger partial charge on any atom is -0.495 e. The molecule has 1 heterocycles. The number of aromatic nitrogens is 2. The minimum atomic E-state index is -3.56. The Hall–Kier alpha value is -3.47. The van der Waals surface area contributed by atoms with Gasteiger partial charge in [0.2, 0.25) is 10.0 Å². The van der Waals surface area contributed by atoms with Crippen LogP contribution in [0.15, 0.2) is 36.4 Å². The quantitative estimate of drug-likeness (QED) is 0.585. The lowest BCUT2D eigenvalue weighted by molar-refractivity contribution is 0.102. The lowest BCUT2D eigenvalue weighted by Crippen LogP contribution is -2.16. The molecule has 2 aromatic carbocycles. The van der Waals surface area contributed by atoms with Crippen LogP contribution in [0.2, 0.25) is 0 Å². The molecule has 0 unspecified atom stereocenters. The van der Waals surface area contributed by atoms with Crippen LogP contribution in [0, 0.1) is 11.6 Å². The zero-order valence-electron chi connectivity index (χ0n) is 17.3. The number of sulfonamides is 1. The van der Waals surface area contributed by atoms with Crippen molar-refractivity contribution in [3.63, 3.8) is 0 Å². The highest BCUT2D eigenvalue weighted by Crippen LogP contribution is 2.31. The summed E-state index contributed by atoms with van der Waals surface area (Å²) in [4.78, 5) is 13.0. The van der Waals surface area contributed by atoms with Crippen LogP contribution in [0.4, 0.5) is 20.2 Å². The van der Waals surface area contributed by atoms with Gasteiger partial charge in [0.1, 0.15) is 5.75 Å². The van der Waals surface area contributed by atoms with Crippen molar-refractivity contribution >= 4 is 27.3 Å². The highest BCUT2D eigenvalue weighted by atomic mass is 32.2. The summed E-state index contributed by atoms with van der Waals surface area (Å²) in [5.74, 6) is -2.18. The summed E-state index contributed by atoms with van der Waals surface area (Å²) in [6.07, 6.45) is 3.10. The van der Waals surface area contributed by atoms with Crippen LogP contribution >= 0.6 is 0 Å². The molecule has 0 aliphatic heterocycles. The second-order valence-corrected chi connectivity index (χ2v) is 9.13. The van der Waals surface area contributed by atoms with Gasteiger partial charge in [0.05, 0.1) is 24.7 Å². The predicted molar refractivity (Wildman–Crippen MR) is 115 cm³/mol. The minimum absolute atomic E-state index is 0.172. The van der Waals surface area contributed by atoms with Gasteiger partial charge in [-0.2, -0.15) is 5.10 Å². The molecule has 1 aliphatic carbocycles. The largest absolute Gasteiger partial charge is 0.495 e. The monoisotopic (exact) mass is 462 g/mol. The Bertz CT molecular complexity index is 1320. The van der Waals surface area contributed by atoms with Crippen LogP contribution in [0.5, 0.6) is 5.75 Å². The fraction of sp³-hybridized carbons (Fsp3) is 0.238. The second-order valence-electron chi connectivity index (χ2n) is 7.38. The SMILES string of the molecule is COc1ccc(NC(=O)c2nn(-c3ccc(F)c(F)c3)c3c2CCC3)cc1NS(C)(=O)=O. The number of benzene rings is 2. The van der Waals surface area contributed by atoms with Crippen molar-refractivity contribution in [3.8, 4) is 11.4 Å². The normalized spacial score (nSPS) is 13.0. The van der Waals surface area contributed by atoms with Crippen molar-refractivity contribution in [2.75, 3.05) is 23.4 Å². The lowest BCUT2D eigenvalue weighted by Gasteiger charge is -2.12. The van der Waals surface area contributed by atoms with Crippen molar-refractivity contribution < 1.29 is 26.7 Å². The van der Waals surface area contributed by atoms with E-state index in [1.807, 2.05) is 0 Å². The van der Waals surface area contributed by atoms with Gasteiger partial charge in [-0.3, -0.25) is 9.52 Å². The van der Waals surface area contributed by atoms with E-state index in [9.17, 15) is 22.0 Å². The van der Waals surface area contributed by atoms with Gasteiger partial charge in [0.15, 0.2) is 17.3 Å². The molecule has 0 bridgehead atoms. The van der Waals surface area contributed by atoms with Gasteiger partial charge < -0.3 is 10.1 Å². The standard InChI is InChI=1S/C21H20F2N4O4S/c1-31-19-9-6-12(10-17(19)26-32(2,29)30)24-21(28)20-14-4-3-5-18(14)27(25-20)13-7-8-15(22)16(23)11-13/h6-11,26H,3-5H2,1-2H3,(H,24,28). The second kappa shape index (κ2) is 8.23. The first-order chi connectivity index (χ1) is 15.2. The van der Waals surface area contributed by atoms with E-state index in [-0.39, 0.29) is 17.1 Å². The van der Waals surface area contributed by atoms with Crippen molar-refractivity contribution in [3.05, 3.63) is 65.0 Å². The zero-order valence-corrected chi connectivity index (χ0v) is 18.1. The van der Waals surface area contributed by atoms with Crippen LogP contribution in [0.25, 0.3) is 5.69 Å². The molecule has 1 amide bonds. The summed E-state index contributed by atoms with van der Waals surface area (Å²) >= 11 is 0. The van der Waals surface area contributed by atoms with E-state index in [2.05, 4.69) is 15.1 Å². The van der Waals surface area contributed by atoms with E-state index in [4.69, 9.17) is 4.74 Å². The van der Waals surface area contributed by atoms with Crippen molar-refractivity contribution in [2.45, 2.75) is 19.3 Å². The van der Waals surface area contributed by atoms with Gasteiger partial charge in [-0.05, 0) is 49.6 Å². The van der Waals surface area contributed by atoms with Gasteiger partial charge in [0.25, 0.3) is 5.91 Å². The maximum Gasteiger partial charge on any atom is 0.276 e. The fourth-order valence-electron chi connectivity index (χ4n) is 3.71. The molecule has 2 N–H and O–H groups in total. The molecular weight excluding hydrogens is 442 g/mol. The smallest absolute Gasteiger partial charge is 0.276 e. The third kappa shape index (κ3) is 4.28. The molecule has 3 aromatic rings. The van der Waals surface area contributed by atoms with Gasteiger partial charge in [-0.1, -0.05) is 0 Å². The highest BCUT2D eigenvalue weighted by Gasteiger charge is 2.27. The van der Waals surface area contributed by atoms with E-state index < -0.39 is 27.6 Å². The third-order valence-electron chi connectivity index (χ3n) is 5.05.